The summed E-state index contributed by atoms with van der Waals surface area (Å²) in [5, 5.41) is 18.2. The normalized spacial score (nSPS) is 20.3. The van der Waals surface area contributed by atoms with Crippen LogP contribution in [0.4, 0.5) is 5.69 Å². The van der Waals surface area contributed by atoms with Crippen molar-refractivity contribution in [3.05, 3.63) is 106 Å². The molecule has 2 aliphatic rings. The first-order valence-electron chi connectivity index (χ1n) is 15.9. The molecule has 250 valence electrons. The lowest BCUT2D eigenvalue weighted by atomic mass is 9.94. The molecule has 2 heterocycles. The molecule has 0 saturated carbocycles. The van der Waals surface area contributed by atoms with E-state index in [2.05, 4.69) is 10.6 Å². The van der Waals surface area contributed by atoms with Crippen LogP contribution in [0.3, 0.4) is 0 Å². The quantitative estimate of drug-likeness (QED) is 0.171. The zero-order chi connectivity index (χ0) is 34.1. The molecule has 11 nitrogen and oxygen atoms in total. The lowest BCUT2D eigenvalue weighted by Gasteiger charge is -2.39. The molecule has 0 aliphatic carbocycles. The first-order chi connectivity index (χ1) is 22.4. The van der Waals surface area contributed by atoms with E-state index in [1.54, 1.807) is 6.07 Å². The molecule has 0 fully saturated rings. The van der Waals surface area contributed by atoms with Gasteiger partial charge >= 0.3 is 11.7 Å². The summed E-state index contributed by atoms with van der Waals surface area (Å²) in [5.41, 5.74) is 1.90. The highest BCUT2D eigenvalue weighted by molar-refractivity contribution is 5.90. The van der Waals surface area contributed by atoms with Crippen LogP contribution in [0, 0.1) is 22.0 Å². The molecule has 0 spiro atoms. The van der Waals surface area contributed by atoms with Crippen LogP contribution in [-0.4, -0.2) is 52.3 Å². The minimum absolute atomic E-state index is 0.0176. The summed E-state index contributed by atoms with van der Waals surface area (Å²) >= 11 is 0. The molecule has 2 N–H and O–H groups in total. The number of ether oxygens (including phenoxy) is 2. The molecule has 0 aromatic heterocycles. The number of nitro groups is 1. The monoisotopic (exact) mass is 644 g/mol. The van der Waals surface area contributed by atoms with E-state index in [1.807, 2.05) is 93.3 Å². The highest BCUT2D eigenvalue weighted by atomic mass is 16.6. The van der Waals surface area contributed by atoms with Gasteiger partial charge in [-0.2, -0.15) is 0 Å². The van der Waals surface area contributed by atoms with Gasteiger partial charge in [0, 0.05) is 31.6 Å². The molecule has 2 amide bonds. The van der Waals surface area contributed by atoms with Crippen LogP contribution < -0.4 is 15.4 Å². The molecule has 0 unspecified atom stereocenters. The number of carbonyl (C=O) groups is 3. The predicted octanol–water partition coefficient (Wildman–Crippen LogP) is 5.33. The largest absolute Gasteiger partial charge is 0.481 e. The van der Waals surface area contributed by atoms with Crippen molar-refractivity contribution in [2.45, 2.75) is 78.4 Å². The summed E-state index contributed by atoms with van der Waals surface area (Å²) in [5.74, 6) is -1.76. The number of hydrogen-bond acceptors (Lipinski definition) is 8. The van der Waals surface area contributed by atoms with Crippen molar-refractivity contribution in [2.75, 3.05) is 6.54 Å². The Balaban J connectivity index is 1.90. The average Bonchev–Trinajstić information content (AvgIpc) is 3.02. The van der Waals surface area contributed by atoms with Crippen LogP contribution >= 0.6 is 0 Å². The summed E-state index contributed by atoms with van der Waals surface area (Å²) in [6.45, 7) is 9.53. The highest BCUT2D eigenvalue weighted by Crippen LogP contribution is 2.34. The van der Waals surface area contributed by atoms with E-state index in [1.165, 1.54) is 19.1 Å². The third-order valence-electron chi connectivity index (χ3n) is 8.01. The maximum atomic E-state index is 14.6. The molecule has 0 saturated heterocycles. The van der Waals surface area contributed by atoms with Crippen molar-refractivity contribution in [2.24, 2.45) is 11.8 Å². The van der Waals surface area contributed by atoms with E-state index >= 15 is 0 Å². The molecule has 2 aliphatic heterocycles. The second-order valence-corrected chi connectivity index (χ2v) is 12.7. The van der Waals surface area contributed by atoms with Gasteiger partial charge in [0.2, 0.25) is 11.8 Å². The second kappa shape index (κ2) is 16.2. The highest BCUT2D eigenvalue weighted by Gasteiger charge is 2.40. The molecule has 3 aromatic carbocycles. The van der Waals surface area contributed by atoms with Gasteiger partial charge in [-0.15, -0.1) is 0 Å². The molecule has 4 atom stereocenters. The van der Waals surface area contributed by atoms with Crippen LogP contribution in [0.15, 0.2) is 78.9 Å². The second-order valence-electron chi connectivity index (χ2n) is 12.7. The van der Waals surface area contributed by atoms with Gasteiger partial charge < -0.3 is 20.1 Å². The van der Waals surface area contributed by atoms with E-state index in [0.717, 1.165) is 11.1 Å². The molecule has 2 bridgehead atoms. The Morgan fingerprint density at radius 3 is 2.06 bits per heavy atom. The number of hydrogen-bond donors (Lipinski definition) is 2. The van der Waals surface area contributed by atoms with Gasteiger partial charge in [0.15, 0.2) is 5.75 Å². The van der Waals surface area contributed by atoms with Gasteiger partial charge in [-0.3, -0.25) is 29.4 Å². The van der Waals surface area contributed by atoms with Gasteiger partial charge in [-0.25, -0.2) is 0 Å². The Morgan fingerprint density at radius 2 is 1.55 bits per heavy atom. The Morgan fingerprint density at radius 1 is 0.957 bits per heavy atom. The summed E-state index contributed by atoms with van der Waals surface area (Å²) in [6, 6.07) is 21.9. The van der Waals surface area contributed by atoms with Crippen LogP contribution in [0.2, 0.25) is 0 Å². The van der Waals surface area contributed by atoms with E-state index in [-0.39, 0.29) is 29.8 Å². The number of rotatable bonds is 10. The lowest BCUT2D eigenvalue weighted by molar-refractivity contribution is -0.386. The van der Waals surface area contributed by atoms with Crippen LogP contribution in [0.5, 0.6) is 5.75 Å². The maximum Gasteiger partial charge on any atom is 0.311 e. The Kier molecular flexibility index (Phi) is 12.1. The molecule has 47 heavy (non-hydrogen) atoms. The molecule has 5 rings (SSSR count). The number of nitro benzene ring substituents is 1. The fourth-order valence-electron chi connectivity index (χ4n) is 5.80. The molecular weight excluding hydrogens is 600 g/mol. The first-order valence-corrected chi connectivity index (χ1v) is 15.9. The standard InChI is InChI=1S/C36H44N4O7/c1-23(2)18-29-35(42)37-20-32(46-25(5)41)28-16-17-31(30(19-28)40(44)45)47-34(24(3)4)33(36(43)38-29)39(21-26-12-8-6-9-13-26)22-27-14-10-7-11-15-27/h6-17,19,23-24,29,32-34H,18,20-22H2,1-5H3,(H,37,42)(H,38,43)/t29-,32-,33-,34-/m0/s1. The zero-order valence-corrected chi connectivity index (χ0v) is 27.6. The number of fused-ring (bicyclic) bond motifs is 11. The smallest absolute Gasteiger partial charge is 0.311 e. The van der Waals surface area contributed by atoms with Crippen molar-refractivity contribution in [3.63, 3.8) is 0 Å². The predicted molar refractivity (Wildman–Crippen MR) is 177 cm³/mol. The van der Waals surface area contributed by atoms with E-state index < -0.39 is 47.0 Å². The third kappa shape index (κ3) is 9.62. The summed E-state index contributed by atoms with van der Waals surface area (Å²) in [6.07, 6.45) is -1.52. The molecule has 0 radical (unpaired) electrons. The van der Waals surface area contributed by atoms with Gasteiger partial charge in [-0.05, 0) is 35.4 Å². The average molecular weight is 645 g/mol. The van der Waals surface area contributed by atoms with E-state index in [9.17, 15) is 24.5 Å². The molecule has 11 heteroatoms. The Bertz CT molecular complexity index is 1490. The fraction of sp³-hybridized carbons (Fsp3) is 0.417. The van der Waals surface area contributed by atoms with Crippen molar-refractivity contribution < 1.29 is 28.8 Å². The number of amides is 2. The third-order valence-corrected chi connectivity index (χ3v) is 8.01. The van der Waals surface area contributed by atoms with Gasteiger partial charge in [0.05, 0.1) is 11.5 Å². The minimum atomic E-state index is -0.997. The summed E-state index contributed by atoms with van der Waals surface area (Å²) in [4.78, 5) is 54.1. The van der Waals surface area contributed by atoms with Crippen molar-refractivity contribution in [1.82, 2.24) is 15.5 Å². The van der Waals surface area contributed by atoms with E-state index in [4.69, 9.17) is 9.47 Å². The molecule has 3 aromatic rings. The van der Waals surface area contributed by atoms with Crippen LogP contribution in [0.25, 0.3) is 0 Å². The Labute approximate surface area is 275 Å². The number of carbonyl (C=O) groups excluding carboxylic acids is 3. The number of benzene rings is 3. The number of nitrogens with one attached hydrogen (secondary N) is 2. The summed E-state index contributed by atoms with van der Waals surface area (Å²) < 4.78 is 12.0. The fourth-order valence-corrected chi connectivity index (χ4v) is 5.80. The number of esters is 1. The van der Waals surface area contributed by atoms with Crippen molar-refractivity contribution >= 4 is 23.5 Å². The zero-order valence-electron chi connectivity index (χ0n) is 27.6. The summed E-state index contributed by atoms with van der Waals surface area (Å²) in [7, 11) is 0. The Hall–Kier alpha value is -4.77. The van der Waals surface area contributed by atoms with Crippen LogP contribution in [-0.2, 0) is 32.2 Å². The lowest BCUT2D eigenvalue weighted by Crippen LogP contribution is -2.59. The van der Waals surface area contributed by atoms with Crippen LogP contribution in [0.1, 0.15) is 63.8 Å². The van der Waals surface area contributed by atoms with Gasteiger partial charge in [0.1, 0.15) is 24.3 Å². The topological polar surface area (TPSA) is 140 Å². The minimum Gasteiger partial charge on any atom is -0.481 e. The molecular formula is C36H44N4O7. The van der Waals surface area contributed by atoms with Gasteiger partial charge in [0.25, 0.3) is 0 Å². The van der Waals surface area contributed by atoms with Crippen molar-refractivity contribution in [3.8, 4) is 5.75 Å². The van der Waals surface area contributed by atoms with Crippen molar-refractivity contribution in [1.29, 1.82) is 0 Å². The van der Waals surface area contributed by atoms with E-state index in [0.29, 0.717) is 25.1 Å². The first kappa shape index (κ1) is 35.1. The SMILES string of the molecule is CC(=O)O[C@H]1CNC(=O)[C@H](CC(C)C)NC(=O)[C@@H](N(Cc2ccccc2)Cc2ccccc2)[C@H](C(C)C)Oc2ccc1cc2[N+](=O)[O-]. The maximum absolute atomic E-state index is 14.6. The number of nitrogens with zero attached hydrogens (tertiary/aromatic N) is 2. The van der Waals surface area contributed by atoms with Gasteiger partial charge in [-0.1, -0.05) is 94.4 Å².